The summed E-state index contributed by atoms with van der Waals surface area (Å²) < 4.78 is 4.68. The molecule has 0 atom stereocenters. The zero-order valence-electron chi connectivity index (χ0n) is 12.3. The van der Waals surface area contributed by atoms with Crippen molar-refractivity contribution >= 4 is 23.5 Å². The molecule has 0 unspecified atom stereocenters. The average molecular weight is 336 g/mol. The minimum absolute atomic E-state index is 0.188. The molecule has 0 radical (unpaired) electrons. The molecule has 7 nitrogen and oxygen atoms in total. The van der Waals surface area contributed by atoms with Gasteiger partial charge >= 0.3 is 5.97 Å². The normalized spacial score (nSPS) is 10.2. The number of hydrogen-bond donors (Lipinski definition) is 2. The molecule has 2 N–H and O–H groups in total. The standard InChI is InChI=1S/C15H14ClN3O4/c1-2-23-12(20)8-18-14(21)11-7-17-13(19-15(11)22)9-3-5-10(16)6-4-9/h3-7H,2,8H2,1H3,(H,18,21)(H,17,19,22). The predicted octanol–water partition coefficient (Wildman–Crippen LogP) is 1.38. The zero-order valence-corrected chi connectivity index (χ0v) is 13.0. The van der Waals surface area contributed by atoms with Crippen LogP contribution in [0.3, 0.4) is 0 Å². The van der Waals surface area contributed by atoms with Crippen LogP contribution in [0.25, 0.3) is 11.4 Å². The summed E-state index contributed by atoms with van der Waals surface area (Å²) in [5, 5.41) is 2.86. The Morgan fingerprint density at radius 1 is 1.30 bits per heavy atom. The smallest absolute Gasteiger partial charge is 0.325 e. The van der Waals surface area contributed by atoms with E-state index in [1.165, 1.54) is 0 Å². The van der Waals surface area contributed by atoms with E-state index in [4.69, 9.17) is 11.6 Å². The molecule has 0 spiro atoms. The van der Waals surface area contributed by atoms with Crippen molar-refractivity contribution in [3.8, 4) is 11.4 Å². The molecular weight excluding hydrogens is 322 g/mol. The van der Waals surface area contributed by atoms with Crippen molar-refractivity contribution in [2.24, 2.45) is 0 Å². The van der Waals surface area contributed by atoms with Crippen molar-refractivity contribution < 1.29 is 14.3 Å². The summed E-state index contributed by atoms with van der Waals surface area (Å²) in [5.41, 5.74) is -0.136. The summed E-state index contributed by atoms with van der Waals surface area (Å²) in [6.45, 7) is 1.56. The Hall–Kier alpha value is -2.67. The topological polar surface area (TPSA) is 101 Å². The summed E-state index contributed by atoms with van der Waals surface area (Å²) in [4.78, 5) is 41.6. The number of rotatable bonds is 5. The van der Waals surface area contributed by atoms with Crippen LogP contribution in [0, 0.1) is 0 Å². The molecule has 120 valence electrons. The van der Waals surface area contributed by atoms with Crippen molar-refractivity contribution in [2.45, 2.75) is 6.92 Å². The number of hydrogen-bond acceptors (Lipinski definition) is 5. The van der Waals surface area contributed by atoms with Gasteiger partial charge in [-0.1, -0.05) is 11.6 Å². The van der Waals surface area contributed by atoms with Gasteiger partial charge in [0.25, 0.3) is 11.5 Å². The number of carbonyl (C=O) groups is 2. The summed E-state index contributed by atoms with van der Waals surface area (Å²) in [5.74, 6) is -0.967. The fourth-order valence-corrected chi connectivity index (χ4v) is 1.90. The van der Waals surface area contributed by atoms with E-state index in [1.54, 1.807) is 31.2 Å². The Bertz CT molecular complexity index is 771. The second kappa shape index (κ2) is 7.55. The maximum atomic E-state index is 12.0. The van der Waals surface area contributed by atoms with Gasteiger partial charge in [0.15, 0.2) is 0 Å². The predicted molar refractivity (Wildman–Crippen MR) is 84.3 cm³/mol. The molecular formula is C15H14ClN3O4. The molecule has 0 saturated heterocycles. The van der Waals surface area contributed by atoms with Gasteiger partial charge in [-0.05, 0) is 31.2 Å². The number of ether oxygens (including phenoxy) is 1. The molecule has 8 heteroatoms. The number of amides is 1. The highest BCUT2D eigenvalue weighted by Gasteiger charge is 2.14. The average Bonchev–Trinajstić information content (AvgIpc) is 2.53. The molecule has 1 amide bonds. The minimum atomic E-state index is -0.700. The SMILES string of the molecule is CCOC(=O)CNC(=O)c1cnc(-c2ccc(Cl)cc2)[nH]c1=O. The third-order valence-corrected chi connectivity index (χ3v) is 3.11. The Morgan fingerprint density at radius 3 is 2.61 bits per heavy atom. The highest BCUT2D eigenvalue weighted by Crippen LogP contribution is 2.16. The maximum Gasteiger partial charge on any atom is 0.325 e. The highest BCUT2D eigenvalue weighted by atomic mass is 35.5. The molecule has 0 saturated carbocycles. The van der Waals surface area contributed by atoms with E-state index in [1.807, 2.05) is 0 Å². The van der Waals surface area contributed by atoms with Crippen LogP contribution in [0.2, 0.25) is 5.02 Å². The molecule has 23 heavy (non-hydrogen) atoms. The molecule has 0 fully saturated rings. The Morgan fingerprint density at radius 2 is 2.00 bits per heavy atom. The number of esters is 1. The van der Waals surface area contributed by atoms with Crippen LogP contribution in [-0.4, -0.2) is 35.0 Å². The lowest BCUT2D eigenvalue weighted by Gasteiger charge is -2.05. The van der Waals surface area contributed by atoms with Crippen LogP contribution in [-0.2, 0) is 9.53 Å². The monoisotopic (exact) mass is 335 g/mol. The van der Waals surface area contributed by atoms with Gasteiger partial charge in [0.05, 0.1) is 6.61 Å². The second-order valence-electron chi connectivity index (χ2n) is 4.47. The van der Waals surface area contributed by atoms with Gasteiger partial charge in [0.2, 0.25) is 0 Å². The third kappa shape index (κ3) is 4.40. The fourth-order valence-electron chi connectivity index (χ4n) is 1.77. The largest absolute Gasteiger partial charge is 0.465 e. The molecule has 0 aliphatic carbocycles. The summed E-state index contributed by atoms with van der Waals surface area (Å²) in [7, 11) is 0. The van der Waals surface area contributed by atoms with Gasteiger partial charge in [-0.15, -0.1) is 0 Å². The van der Waals surface area contributed by atoms with Gasteiger partial charge < -0.3 is 15.0 Å². The summed E-state index contributed by atoms with van der Waals surface area (Å²) in [6.07, 6.45) is 1.16. The number of benzene rings is 1. The Balaban J connectivity index is 2.13. The first kappa shape index (κ1) is 16.7. The van der Waals surface area contributed by atoms with Crippen LogP contribution >= 0.6 is 11.6 Å². The Kier molecular flexibility index (Phi) is 5.48. The first-order valence-electron chi connectivity index (χ1n) is 6.80. The van der Waals surface area contributed by atoms with Crippen LogP contribution in [0.15, 0.2) is 35.3 Å². The van der Waals surface area contributed by atoms with E-state index in [0.717, 1.165) is 6.20 Å². The van der Waals surface area contributed by atoms with Crippen LogP contribution < -0.4 is 10.9 Å². The number of nitrogens with one attached hydrogen (secondary N) is 2. The van der Waals surface area contributed by atoms with Gasteiger partial charge in [0, 0.05) is 16.8 Å². The number of nitrogens with zero attached hydrogens (tertiary/aromatic N) is 1. The van der Waals surface area contributed by atoms with E-state index in [0.29, 0.717) is 16.4 Å². The molecule has 1 aromatic heterocycles. The minimum Gasteiger partial charge on any atom is -0.465 e. The van der Waals surface area contributed by atoms with E-state index >= 15 is 0 Å². The molecule has 0 aliphatic heterocycles. The number of aromatic nitrogens is 2. The molecule has 2 aromatic rings. The van der Waals surface area contributed by atoms with E-state index in [-0.39, 0.29) is 18.7 Å². The van der Waals surface area contributed by atoms with Gasteiger partial charge in [-0.2, -0.15) is 0 Å². The molecule has 2 rings (SSSR count). The summed E-state index contributed by atoms with van der Waals surface area (Å²) >= 11 is 5.80. The quantitative estimate of drug-likeness (QED) is 0.804. The first-order chi connectivity index (χ1) is 11.0. The number of carbonyl (C=O) groups excluding carboxylic acids is 2. The highest BCUT2D eigenvalue weighted by molar-refractivity contribution is 6.30. The fraction of sp³-hybridized carbons (Fsp3) is 0.200. The molecule has 0 bridgehead atoms. The van der Waals surface area contributed by atoms with Gasteiger partial charge in [0.1, 0.15) is 17.9 Å². The summed E-state index contributed by atoms with van der Waals surface area (Å²) in [6, 6.07) is 6.72. The lowest BCUT2D eigenvalue weighted by atomic mass is 10.2. The first-order valence-corrected chi connectivity index (χ1v) is 7.18. The third-order valence-electron chi connectivity index (χ3n) is 2.86. The van der Waals surface area contributed by atoms with Crippen molar-refractivity contribution in [1.29, 1.82) is 0 Å². The maximum absolute atomic E-state index is 12.0. The Labute approximate surface area is 136 Å². The number of aromatic amines is 1. The molecule has 1 heterocycles. The molecule has 0 aliphatic rings. The van der Waals surface area contributed by atoms with E-state index in [9.17, 15) is 14.4 Å². The number of halogens is 1. The van der Waals surface area contributed by atoms with Crippen LogP contribution in [0.4, 0.5) is 0 Å². The van der Waals surface area contributed by atoms with E-state index < -0.39 is 17.4 Å². The lowest BCUT2D eigenvalue weighted by Crippen LogP contribution is -2.34. The van der Waals surface area contributed by atoms with Gasteiger partial charge in [-0.25, -0.2) is 4.98 Å². The zero-order chi connectivity index (χ0) is 16.8. The molecule has 1 aromatic carbocycles. The van der Waals surface area contributed by atoms with Crippen molar-refractivity contribution in [3.05, 3.63) is 51.4 Å². The van der Waals surface area contributed by atoms with Crippen LogP contribution in [0.5, 0.6) is 0 Å². The number of H-pyrrole nitrogens is 1. The lowest BCUT2D eigenvalue weighted by molar-refractivity contribution is -0.141. The van der Waals surface area contributed by atoms with Crippen molar-refractivity contribution in [1.82, 2.24) is 15.3 Å². The van der Waals surface area contributed by atoms with Crippen molar-refractivity contribution in [3.63, 3.8) is 0 Å². The van der Waals surface area contributed by atoms with Gasteiger partial charge in [-0.3, -0.25) is 14.4 Å². The van der Waals surface area contributed by atoms with E-state index in [2.05, 4.69) is 20.0 Å². The van der Waals surface area contributed by atoms with Crippen LogP contribution in [0.1, 0.15) is 17.3 Å². The second-order valence-corrected chi connectivity index (χ2v) is 4.91. The van der Waals surface area contributed by atoms with Crippen molar-refractivity contribution in [2.75, 3.05) is 13.2 Å².